The first-order valence-corrected chi connectivity index (χ1v) is 11.3. The molecule has 1 unspecified atom stereocenters. The number of carbonyl (C=O) groups excluding carboxylic acids is 3. The normalized spacial score (nSPS) is 16.3. The summed E-state index contributed by atoms with van der Waals surface area (Å²) in [7, 11) is -3.57. The molecule has 1 saturated heterocycles. The molecule has 0 bridgehead atoms. The van der Waals surface area contributed by atoms with Crippen molar-refractivity contribution < 1.29 is 22.8 Å². The molecule has 10 heteroatoms. The van der Waals surface area contributed by atoms with E-state index in [0.717, 1.165) is 17.3 Å². The van der Waals surface area contributed by atoms with Crippen molar-refractivity contribution in [3.63, 3.8) is 0 Å². The highest BCUT2D eigenvalue weighted by Crippen LogP contribution is 2.23. The molecule has 29 heavy (non-hydrogen) atoms. The molecule has 2 aromatic carbocycles. The lowest BCUT2D eigenvalue weighted by molar-refractivity contribution is -0.118. The average molecular weight is 434 g/mol. The van der Waals surface area contributed by atoms with Gasteiger partial charge in [-0.05, 0) is 36.2 Å². The van der Waals surface area contributed by atoms with Crippen molar-refractivity contribution in [1.82, 2.24) is 10.6 Å². The molecule has 152 valence electrons. The van der Waals surface area contributed by atoms with Gasteiger partial charge in [-0.3, -0.25) is 14.9 Å². The van der Waals surface area contributed by atoms with E-state index in [1.807, 2.05) is 6.07 Å². The Morgan fingerprint density at radius 3 is 2.34 bits per heavy atom. The maximum atomic E-state index is 12.4. The highest BCUT2D eigenvalue weighted by Gasteiger charge is 2.31. The summed E-state index contributed by atoms with van der Waals surface area (Å²) in [5, 5.41) is 6.48. The van der Waals surface area contributed by atoms with Gasteiger partial charge in [-0.15, -0.1) is 0 Å². The van der Waals surface area contributed by atoms with Crippen LogP contribution in [0.15, 0.2) is 59.5 Å². The zero-order chi connectivity index (χ0) is 20.9. The summed E-state index contributed by atoms with van der Waals surface area (Å²) in [5.41, 5.74) is 1.37. The lowest BCUT2D eigenvalue weighted by Gasteiger charge is -2.09. The number of para-hydroxylation sites is 1. The lowest BCUT2D eigenvalue weighted by atomic mass is 10.1. The molecule has 1 aliphatic heterocycles. The summed E-state index contributed by atoms with van der Waals surface area (Å²) in [6.07, 6.45) is 0.337. The quantitative estimate of drug-likeness (QED) is 0.615. The van der Waals surface area contributed by atoms with E-state index in [4.69, 9.17) is 0 Å². The van der Waals surface area contributed by atoms with Crippen LogP contribution in [0.3, 0.4) is 0 Å². The molecule has 0 saturated carbocycles. The second-order valence-corrected chi connectivity index (χ2v) is 9.58. The maximum Gasteiger partial charge on any atom is 0.319 e. The number of hydrogen-bond donors (Lipinski definition) is 3. The van der Waals surface area contributed by atoms with E-state index in [-0.39, 0.29) is 28.3 Å². The number of carbonyl (C=O) groups is 3. The highest BCUT2D eigenvalue weighted by atomic mass is 32.2. The molecule has 4 amide bonds. The largest absolute Gasteiger partial charge is 0.337 e. The van der Waals surface area contributed by atoms with Crippen LogP contribution in [0.5, 0.6) is 0 Å². The highest BCUT2D eigenvalue weighted by molar-refractivity contribution is 8.15. The molecular formula is C19H19N3O5S2. The molecule has 8 nitrogen and oxygen atoms in total. The van der Waals surface area contributed by atoms with Crippen LogP contribution in [0.25, 0.3) is 0 Å². The van der Waals surface area contributed by atoms with Crippen LogP contribution >= 0.6 is 11.8 Å². The third-order valence-electron chi connectivity index (χ3n) is 4.16. The van der Waals surface area contributed by atoms with Crippen molar-refractivity contribution in [2.24, 2.45) is 0 Å². The van der Waals surface area contributed by atoms with Crippen molar-refractivity contribution in [3.05, 3.63) is 60.2 Å². The minimum Gasteiger partial charge on any atom is -0.337 e. The second kappa shape index (κ2) is 9.10. The van der Waals surface area contributed by atoms with Gasteiger partial charge in [0.15, 0.2) is 9.84 Å². The van der Waals surface area contributed by atoms with Crippen LogP contribution in [0.4, 0.5) is 15.3 Å². The van der Waals surface area contributed by atoms with Crippen LogP contribution < -0.4 is 16.0 Å². The minimum atomic E-state index is -3.57. The lowest BCUT2D eigenvalue weighted by Crippen LogP contribution is -2.32. The van der Waals surface area contributed by atoms with Gasteiger partial charge in [0, 0.05) is 12.2 Å². The van der Waals surface area contributed by atoms with Crippen molar-refractivity contribution >= 4 is 44.5 Å². The molecule has 0 radical (unpaired) electrons. The fraction of sp³-hybridized carbons (Fsp3) is 0.211. The predicted octanol–water partition coefficient (Wildman–Crippen LogP) is 2.18. The van der Waals surface area contributed by atoms with Crippen LogP contribution in [0.2, 0.25) is 0 Å². The van der Waals surface area contributed by atoms with Gasteiger partial charge in [0.25, 0.3) is 5.24 Å². The smallest absolute Gasteiger partial charge is 0.319 e. The molecule has 1 aliphatic rings. The number of benzene rings is 2. The molecule has 3 N–H and O–H groups in total. The fourth-order valence-electron chi connectivity index (χ4n) is 2.69. The van der Waals surface area contributed by atoms with Crippen LogP contribution in [0.1, 0.15) is 5.56 Å². The minimum absolute atomic E-state index is 0.0379. The topological polar surface area (TPSA) is 121 Å². The summed E-state index contributed by atoms with van der Waals surface area (Å²) in [5.74, 6) is -0.583. The SMILES string of the molecule is O=C(NCCS(=O)(=O)c1ccc(CC2SC(=O)NC2=O)cc1)Nc1ccccc1. The van der Waals surface area contributed by atoms with Crippen molar-refractivity contribution in [2.45, 2.75) is 16.6 Å². The number of hydrogen-bond acceptors (Lipinski definition) is 6. The molecule has 1 heterocycles. The number of nitrogens with one attached hydrogen (secondary N) is 3. The van der Waals surface area contributed by atoms with Crippen molar-refractivity contribution in [1.29, 1.82) is 0 Å². The zero-order valence-electron chi connectivity index (χ0n) is 15.3. The van der Waals surface area contributed by atoms with E-state index in [9.17, 15) is 22.8 Å². The van der Waals surface area contributed by atoms with E-state index in [0.29, 0.717) is 12.1 Å². The Hall–Kier alpha value is -2.85. The van der Waals surface area contributed by atoms with Gasteiger partial charge in [-0.1, -0.05) is 42.1 Å². The Balaban J connectivity index is 1.50. The summed E-state index contributed by atoms with van der Waals surface area (Å²) in [4.78, 5) is 34.8. The molecule has 0 aromatic heterocycles. The molecule has 2 aromatic rings. The van der Waals surface area contributed by atoms with Crippen molar-refractivity contribution in [2.75, 3.05) is 17.6 Å². The number of rotatable bonds is 7. The number of sulfone groups is 1. The Labute approximate surface area is 172 Å². The number of imide groups is 1. The van der Waals surface area contributed by atoms with Crippen LogP contribution in [0, 0.1) is 0 Å². The van der Waals surface area contributed by atoms with Gasteiger partial charge in [0.1, 0.15) is 0 Å². The molecule has 1 fully saturated rings. The van der Waals surface area contributed by atoms with Gasteiger partial charge in [0.2, 0.25) is 5.91 Å². The van der Waals surface area contributed by atoms with Crippen LogP contribution in [-0.4, -0.2) is 43.1 Å². The summed E-state index contributed by atoms with van der Waals surface area (Å²) >= 11 is 0.929. The second-order valence-electron chi connectivity index (χ2n) is 6.30. The van der Waals surface area contributed by atoms with E-state index in [1.54, 1.807) is 36.4 Å². The van der Waals surface area contributed by atoms with Gasteiger partial charge in [0.05, 0.1) is 15.9 Å². The fourth-order valence-corrected chi connectivity index (χ4v) is 4.71. The van der Waals surface area contributed by atoms with E-state index < -0.39 is 21.1 Å². The number of amides is 4. The van der Waals surface area contributed by atoms with Gasteiger partial charge < -0.3 is 10.6 Å². The molecule has 3 rings (SSSR count). The first-order chi connectivity index (χ1) is 13.8. The van der Waals surface area contributed by atoms with Crippen molar-refractivity contribution in [3.8, 4) is 0 Å². The molecule has 1 atom stereocenters. The Kier molecular flexibility index (Phi) is 6.55. The van der Waals surface area contributed by atoms with Gasteiger partial charge >= 0.3 is 6.03 Å². The summed E-state index contributed by atoms with van der Waals surface area (Å²) in [6, 6.07) is 14.5. The predicted molar refractivity (Wildman–Crippen MR) is 111 cm³/mol. The van der Waals surface area contributed by atoms with Gasteiger partial charge in [-0.25, -0.2) is 13.2 Å². The van der Waals surface area contributed by atoms with Gasteiger partial charge in [-0.2, -0.15) is 0 Å². The third kappa shape index (κ3) is 5.81. The zero-order valence-corrected chi connectivity index (χ0v) is 16.9. The number of thioether (sulfide) groups is 1. The Morgan fingerprint density at radius 2 is 1.72 bits per heavy atom. The summed E-state index contributed by atoms with van der Waals surface area (Å²) < 4.78 is 24.9. The first kappa shape index (κ1) is 20.9. The number of anilines is 1. The molecule has 0 aliphatic carbocycles. The Bertz CT molecular complexity index is 1010. The van der Waals surface area contributed by atoms with E-state index in [1.165, 1.54) is 12.1 Å². The average Bonchev–Trinajstić information content (AvgIpc) is 2.99. The third-order valence-corrected chi connectivity index (χ3v) is 6.87. The maximum absolute atomic E-state index is 12.4. The number of urea groups is 1. The summed E-state index contributed by atoms with van der Waals surface area (Å²) in [6.45, 7) is -0.0379. The van der Waals surface area contributed by atoms with E-state index >= 15 is 0 Å². The standard InChI is InChI=1S/C19H19N3O5S2/c23-17-16(28-19(25)22-17)12-13-6-8-15(9-7-13)29(26,27)11-10-20-18(24)21-14-4-2-1-3-5-14/h1-9,16H,10-12H2,(H2,20,21,24)(H,22,23,25). The molecule has 0 spiro atoms. The van der Waals surface area contributed by atoms with E-state index in [2.05, 4.69) is 16.0 Å². The van der Waals surface area contributed by atoms with Crippen LogP contribution in [-0.2, 0) is 21.1 Å². The monoisotopic (exact) mass is 433 g/mol. The first-order valence-electron chi connectivity index (χ1n) is 8.76. The molecular weight excluding hydrogens is 414 g/mol. The Morgan fingerprint density at radius 1 is 1.03 bits per heavy atom.